The molecule has 10 heteroatoms. The third-order valence-electron chi connectivity index (χ3n) is 3.91. The Kier molecular flexibility index (Phi) is 4.22. The average Bonchev–Trinajstić information content (AvgIpc) is 3.15. The summed E-state index contributed by atoms with van der Waals surface area (Å²) in [5.41, 5.74) is -0.823. The minimum atomic E-state index is -4.53. The van der Waals surface area contributed by atoms with Crippen molar-refractivity contribution in [3.8, 4) is 0 Å². The highest BCUT2D eigenvalue weighted by Gasteiger charge is 2.41. The highest BCUT2D eigenvalue weighted by atomic mass is 19.4. The van der Waals surface area contributed by atoms with Gasteiger partial charge in [0.25, 0.3) is 0 Å². The number of aliphatic hydroxyl groups excluding tert-OH is 1. The number of benzene rings is 1. The normalized spacial score (nSPS) is 21.2. The summed E-state index contributed by atoms with van der Waals surface area (Å²) in [6, 6.07) is 4.25. The van der Waals surface area contributed by atoms with Gasteiger partial charge in [-0.05, 0) is 28.5 Å². The molecular weight excluding hydrogens is 327 g/mol. The molecular formula is C14H14F3N5O2. The summed E-state index contributed by atoms with van der Waals surface area (Å²) in [4.78, 5) is 13.7. The molecule has 0 aliphatic carbocycles. The molecule has 7 nitrogen and oxygen atoms in total. The topological polar surface area (TPSA) is 84.1 Å². The first-order valence-electron chi connectivity index (χ1n) is 7.20. The SMILES string of the molecule is O=C(Cn1cnnn1)N1C[C@@H](O)C[C@@H]1c1ccccc1C(F)(F)F. The van der Waals surface area contributed by atoms with E-state index in [0.29, 0.717) is 0 Å². The zero-order valence-electron chi connectivity index (χ0n) is 12.4. The van der Waals surface area contributed by atoms with E-state index >= 15 is 0 Å². The molecule has 1 fully saturated rings. The number of amides is 1. The van der Waals surface area contributed by atoms with Crippen molar-refractivity contribution in [1.29, 1.82) is 0 Å². The summed E-state index contributed by atoms with van der Waals surface area (Å²) in [5.74, 6) is -0.458. The number of hydrogen-bond donors (Lipinski definition) is 1. The second-order valence-corrected chi connectivity index (χ2v) is 5.54. The summed E-state index contributed by atoms with van der Waals surface area (Å²) in [7, 11) is 0. The molecule has 2 atom stereocenters. The number of β-amino-alcohol motifs (C(OH)–C–C–N with tert-alkyl or cyclic N) is 1. The molecule has 2 heterocycles. The number of halogens is 3. The van der Waals surface area contributed by atoms with Crippen LogP contribution >= 0.6 is 0 Å². The molecule has 1 aromatic heterocycles. The van der Waals surface area contributed by atoms with Gasteiger partial charge in [-0.1, -0.05) is 18.2 Å². The predicted octanol–water partition coefficient (Wildman–Crippen LogP) is 1.03. The summed E-state index contributed by atoms with van der Waals surface area (Å²) in [6.45, 7) is -0.234. The van der Waals surface area contributed by atoms with Gasteiger partial charge in [-0.2, -0.15) is 13.2 Å². The van der Waals surface area contributed by atoms with Crippen molar-refractivity contribution in [2.45, 2.75) is 31.3 Å². The predicted molar refractivity (Wildman–Crippen MR) is 74.3 cm³/mol. The Bertz CT molecular complexity index is 719. The quantitative estimate of drug-likeness (QED) is 0.901. The maximum atomic E-state index is 13.2. The van der Waals surface area contributed by atoms with Gasteiger partial charge in [0.05, 0.1) is 17.7 Å². The largest absolute Gasteiger partial charge is 0.416 e. The highest BCUT2D eigenvalue weighted by molar-refractivity contribution is 5.77. The van der Waals surface area contributed by atoms with Gasteiger partial charge in [0, 0.05) is 6.54 Å². The van der Waals surface area contributed by atoms with Gasteiger partial charge < -0.3 is 10.0 Å². The van der Waals surface area contributed by atoms with E-state index in [1.807, 2.05) is 0 Å². The van der Waals surface area contributed by atoms with E-state index in [1.165, 1.54) is 34.1 Å². The monoisotopic (exact) mass is 341 g/mol. The van der Waals surface area contributed by atoms with Crippen molar-refractivity contribution in [2.24, 2.45) is 0 Å². The molecule has 1 aromatic carbocycles. The maximum absolute atomic E-state index is 13.2. The van der Waals surface area contributed by atoms with E-state index in [4.69, 9.17) is 0 Å². The summed E-state index contributed by atoms with van der Waals surface area (Å²) < 4.78 is 40.9. The van der Waals surface area contributed by atoms with E-state index in [9.17, 15) is 23.1 Å². The lowest BCUT2D eigenvalue weighted by atomic mass is 9.97. The van der Waals surface area contributed by atoms with Crippen LogP contribution in [0.1, 0.15) is 23.6 Å². The van der Waals surface area contributed by atoms with Crippen LogP contribution in [0.2, 0.25) is 0 Å². The lowest BCUT2D eigenvalue weighted by molar-refractivity contribution is -0.140. The Morgan fingerprint density at radius 1 is 1.33 bits per heavy atom. The second-order valence-electron chi connectivity index (χ2n) is 5.54. The molecule has 1 N–H and O–H groups in total. The number of tetrazole rings is 1. The van der Waals surface area contributed by atoms with Gasteiger partial charge in [0.2, 0.25) is 5.91 Å². The first-order chi connectivity index (χ1) is 11.4. The van der Waals surface area contributed by atoms with E-state index < -0.39 is 29.8 Å². The Balaban J connectivity index is 1.90. The zero-order chi connectivity index (χ0) is 17.3. The lowest BCUT2D eigenvalue weighted by Gasteiger charge is -2.27. The van der Waals surface area contributed by atoms with Crippen LogP contribution in [0, 0.1) is 0 Å². The molecule has 1 aliphatic rings. The van der Waals surface area contributed by atoms with Crippen LogP contribution in [0.15, 0.2) is 30.6 Å². The maximum Gasteiger partial charge on any atom is 0.416 e. The van der Waals surface area contributed by atoms with Gasteiger partial charge >= 0.3 is 6.18 Å². The Labute approximate surface area is 134 Å². The molecule has 0 unspecified atom stereocenters. The summed E-state index contributed by atoms with van der Waals surface area (Å²) >= 11 is 0. The minimum Gasteiger partial charge on any atom is -0.391 e. The van der Waals surface area contributed by atoms with Crippen molar-refractivity contribution >= 4 is 5.91 Å². The Morgan fingerprint density at radius 3 is 2.75 bits per heavy atom. The van der Waals surface area contributed by atoms with Crippen LogP contribution in [-0.4, -0.2) is 48.8 Å². The van der Waals surface area contributed by atoms with Gasteiger partial charge in [0.15, 0.2) is 0 Å². The number of rotatable bonds is 3. The Morgan fingerprint density at radius 2 is 2.08 bits per heavy atom. The van der Waals surface area contributed by atoms with E-state index in [-0.39, 0.29) is 25.1 Å². The van der Waals surface area contributed by atoms with Crippen molar-refractivity contribution in [1.82, 2.24) is 25.1 Å². The number of alkyl halides is 3. The first-order valence-corrected chi connectivity index (χ1v) is 7.20. The van der Waals surface area contributed by atoms with Crippen molar-refractivity contribution in [3.63, 3.8) is 0 Å². The van der Waals surface area contributed by atoms with Crippen molar-refractivity contribution < 1.29 is 23.1 Å². The molecule has 24 heavy (non-hydrogen) atoms. The number of carbonyl (C=O) groups excluding carboxylic acids is 1. The minimum absolute atomic E-state index is 0.0217. The van der Waals surface area contributed by atoms with Crippen LogP contribution in [0.4, 0.5) is 13.2 Å². The van der Waals surface area contributed by atoms with E-state index in [1.54, 1.807) is 0 Å². The van der Waals surface area contributed by atoms with E-state index in [0.717, 1.165) is 6.07 Å². The number of aromatic nitrogens is 4. The molecule has 1 aliphatic heterocycles. The van der Waals surface area contributed by atoms with Crippen LogP contribution in [-0.2, 0) is 17.5 Å². The molecule has 0 bridgehead atoms. The smallest absolute Gasteiger partial charge is 0.391 e. The molecule has 0 spiro atoms. The van der Waals surface area contributed by atoms with Crippen LogP contribution < -0.4 is 0 Å². The molecule has 3 rings (SSSR count). The molecule has 0 radical (unpaired) electrons. The van der Waals surface area contributed by atoms with E-state index in [2.05, 4.69) is 15.5 Å². The van der Waals surface area contributed by atoms with Gasteiger partial charge in [0.1, 0.15) is 12.9 Å². The number of hydrogen-bond acceptors (Lipinski definition) is 5. The highest BCUT2D eigenvalue weighted by Crippen LogP contribution is 2.40. The fourth-order valence-electron chi connectivity index (χ4n) is 2.91. The number of nitrogens with zero attached hydrogens (tertiary/aromatic N) is 5. The number of aliphatic hydroxyl groups is 1. The zero-order valence-corrected chi connectivity index (χ0v) is 12.4. The summed E-state index contributed by atoms with van der Waals surface area (Å²) in [6.07, 6.45) is -4.12. The van der Waals surface area contributed by atoms with Crippen LogP contribution in [0.25, 0.3) is 0 Å². The fourth-order valence-corrected chi connectivity index (χ4v) is 2.91. The first kappa shape index (κ1) is 16.4. The fraction of sp³-hybridized carbons (Fsp3) is 0.429. The third kappa shape index (κ3) is 3.23. The average molecular weight is 341 g/mol. The number of likely N-dealkylation sites (tertiary alicyclic amines) is 1. The van der Waals surface area contributed by atoms with Gasteiger partial charge in [-0.15, -0.1) is 5.10 Å². The molecule has 128 valence electrons. The lowest BCUT2D eigenvalue weighted by Crippen LogP contribution is -2.35. The van der Waals surface area contributed by atoms with Crippen molar-refractivity contribution in [2.75, 3.05) is 6.54 Å². The molecule has 0 saturated carbocycles. The third-order valence-corrected chi connectivity index (χ3v) is 3.91. The standard InChI is InChI=1S/C14H14F3N5O2/c15-14(16,17)11-4-2-1-3-10(11)12-5-9(23)6-22(12)13(24)7-21-8-18-19-20-21/h1-4,8-9,12,23H,5-7H2/t9-,12+/m0/s1. The van der Waals surface area contributed by atoms with Gasteiger partial charge in [-0.25, -0.2) is 4.68 Å². The molecule has 2 aromatic rings. The molecule has 1 amide bonds. The van der Waals surface area contributed by atoms with Crippen molar-refractivity contribution in [3.05, 3.63) is 41.7 Å². The van der Waals surface area contributed by atoms with Crippen LogP contribution in [0.5, 0.6) is 0 Å². The second kappa shape index (κ2) is 6.19. The Hall–Kier alpha value is -2.49. The van der Waals surface area contributed by atoms with Crippen LogP contribution in [0.3, 0.4) is 0 Å². The molecule has 1 saturated heterocycles. The number of carbonyl (C=O) groups is 1. The van der Waals surface area contributed by atoms with Gasteiger partial charge in [-0.3, -0.25) is 4.79 Å². The summed E-state index contributed by atoms with van der Waals surface area (Å²) in [5, 5.41) is 20.3.